The van der Waals surface area contributed by atoms with Gasteiger partial charge in [0.15, 0.2) is 11.6 Å². The van der Waals surface area contributed by atoms with E-state index in [1.165, 1.54) is 13.1 Å². The molecule has 7 heteroatoms. The van der Waals surface area contributed by atoms with E-state index in [9.17, 15) is 4.79 Å². The van der Waals surface area contributed by atoms with Crippen LogP contribution < -0.4 is 10.6 Å². The standard InChI is InChI=1S/C16H15N5O2/c1-11(22)12-4-6-13(7-5-12)19-16-20-15(10-18-21-16)17-9-14-3-2-8-23-14/h2-8,10H,9H2,1H3,(H2,17,19,20,21). The first-order valence-electron chi connectivity index (χ1n) is 7.05. The van der Waals surface area contributed by atoms with Crippen LogP contribution in [0.5, 0.6) is 0 Å². The molecule has 0 radical (unpaired) electrons. The summed E-state index contributed by atoms with van der Waals surface area (Å²) in [6.45, 7) is 2.04. The van der Waals surface area contributed by atoms with Crippen molar-refractivity contribution in [1.82, 2.24) is 15.2 Å². The smallest absolute Gasteiger partial charge is 0.249 e. The van der Waals surface area contributed by atoms with Gasteiger partial charge in [-0.1, -0.05) is 0 Å². The lowest BCUT2D eigenvalue weighted by molar-refractivity contribution is 0.101. The molecule has 1 aromatic carbocycles. The van der Waals surface area contributed by atoms with E-state index < -0.39 is 0 Å². The lowest BCUT2D eigenvalue weighted by atomic mass is 10.1. The molecule has 23 heavy (non-hydrogen) atoms. The zero-order chi connectivity index (χ0) is 16.1. The Labute approximate surface area is 132 Å². The van der Waals surface area contributed by atoms with Crippen molar-refractivity contribution in [1.29, 1.82) is 0 Å². The molecule has 7 nitrogen and oxygen atoms in total. The quantitative estimate of drug-likeness (QED) is 0.676. The van der Waals surface area contributed by atoms with Gasteiger partial charge in [-0.3, -0.25) is 4.79 Å². The number of furan rings is 1. The van der Waals surface area contributed by atoms with Gasteiger partial charge < -0.3 is 15.1 Å². The topological polar surface area (TPSA) is 92.9 Å². The molecule has 0 unspecified atom stereocenters. The van der Waals surface area contributed by atoms with Crippen LogP contribution in [0.2, 0.25) is 0 Å². The van der Waals surface area contributed by atoms with Gasteiger partial charge in [0.05, 0.1) is 19.0 Å². The number of rotatable bonds is 6. The summed E-state index contributed by atoms with van der Waals surface area (Å²) < 4.78 is 5.24. The van der Waals surface area contributed by atoms with Crippen molar-refractivity contribution in [2.45, 2.75) is 13.5 Å². The monoisotopic (exact) mass is 309 g/mol. The average Bonchev–Trinajstić information content (AvgIpc) is 3.07. The third kappa shape index (κ3) is 3.91. The number of nitrogens with zero attached hydrogens (tertiary/aromatic N) is 3. The molecule has 0 saturated carbocycles. The lowest BCUT2D eigenvalue weighted by Gasteiger charge is -2.07. The van der Waals surface area contributed by atoms with Gasteiger partial charge in [0.1, 0.15) is 5.76 Å². The largest absolute Gasteiger partial charge is 0.467 e. The molecule has 0 spiro atoms. The number of carbonyl (C=O) groups excluding carboxylic acids is 1. The maximum atomic E-state index is 11.3. The molecule has 0 amide bonds. The van der Waals surface area contributed by atoms with Crippen molar-refractivity contribution in [2.24, 2.45) is 0 Å². The Morgan fingerprint density at radius 1 is 1.22 bits per heavy atom. The van der Waals surface area contributed by atoms with Crippen LogP contribution >= 0.6 is 0 Å². The van der Waals surface area contributed by atoms with Gasteiger partial charge in [-0.15, -0.1) is 5.10 Å². The zero-order valence-electron chi connectivity index (χ0n) is 12.5. The summed E-state index contributed by atoms with van der Waals surface area (Å²) >= 11 is 0. The van der Waals surface area contributed by atoms with E-state index in [4.69, 9.17) is 4.42 Å². The first-order chi connectivity index (χ1) is 11.2. The number of nitrogens with one attached hydrogen (secondary N) is 2. The van der Waals surface area contributed by atoms with Crippen LogP contribution in [0.15, 0.2) is 53.3 Å². The van der Waals surface area contributed by atoms with Crippen LogP contribution in [0.3, 0.4) is 0 Å². The molecule has 3 rings (SSSR count). The summed E-state index contributed by atoms with van der Waals surface area (Å²) in [7, 11) is 0. The van der Waals surface area contributed by atoms with Gasteiger partial charge >= 0.3 is 0 Å². The zero-order valence-corrected chi connectivity index (χ0v) is 12.5. The Balaban J connectivity index is 1.66. The maximum absolute atomic E-state index is 11.3. The third-order valence-electron chi connectivity index (χ3n) is 3.13. The fraction of sp³-hybridized carbons (Fsp3) is 0.125. The van der Waals surface area contributed by atoms with Gasteiger partial charge in [-0.05, 0) is 43.3 Å². The van der Waals surface area contributed by atoms with E-state index in [0.29, 0.717) is 23.9 Å². The van der Waals surface area contributed by atoms with Crippen molar-refractivity contribution in [3.63, 3.8) is 0 Å². The fourth-order valence-electron chi connectivity index (χ4n) is 1.95. The predicted molar refractivity (Wildman–Crippen MR) is 85.6 cm³/mol. The van der Waals surface area contributed by atoms with E-state index in [1.807, 2.05) is 12.1 Å². The maximum Gasteiger partial charge on any atom is 0.249 e. The van der Waals surface area contributed by atoms with Gasteiger partial charge in [-0.25, -0.2) is 0 Å². The number of benzene rings is 1. The fourth-order valence-corrected chi connectivity index (χ4v) is 1.95. The highest BCUT2D eigenvalue weighted by Crippen LogP contribution is 2.15. The number of ketones is 1. The Hall–Kier alpha value is -3.22. The Kier molecular flexibility index (Phi) is 4.28. The van der Waals surface area contributed by atoms with Crippen LogP contribution in [0.4, 0.5) is 17.5 Å². The second-order valence-corrected chi connectivity index (χ2v) is 4.86. The van der Waals surface area contributed by atoms with Crippen molar-refractivity contribution in [2.75, 3.05) is 10.6 Å². The first-order valence-corrected chi connectivity index (χ1v) is 7.05. The second kappa shape index (κ2) is 6.69. The number of aromatic nitrogens is 3. The van der Waals surface area contributed by atoms with E-state index in [1.54, 1.807) is 30.5 Å². The summed E-state index contributed by atoms with van der Waals surface area (Å²) in [6, 6.07) is 10.8. The number of anilines is 3. The number of hydrogen-bond acceptors (Lipinski definition) is 7. The summed E-state index contributed by atoms with van der Waals surface area (Å²) in [5.74, 6) is 1.78. The molecular weight excluding hydrogens is 294 g/mol. The van der Waals surface area contributed by atoms with E-state index in [-0.39, 0.29) is 5.78 Å². The molecule has 0 fully saturated rings. The number of Topliss-reactive ketones (excluding diaryl/α,β-unsaturated/α-hetero) is 1. The van der Waals surface area contributed by atoms with Crippen molar-refractivity contribution in [3.05, 3.63) is 60.2 Å². The second-order valence-electron chi connectivity index (χ2n) is 4.86. The Bertz CT molecular complexity index is 784. The molecule has 3 aromatic rings. The normalized spacial score (nSPS) is 10.3. The molecule has 2 aromatic heterocycles. The average molecular weight is 309 g/mol. The molecule has 0 aliphatic carbocycles. The van der Waals surface area contributed by atoms with Crippen LogP contribution in [0.1, 0.15) is 23.0 Å². The van der Waals surface area contributed by atoms with Gasteiger partial charge in [0.2, 0.25) is 5.95 Å². The summed E-state index contributed by atoms with van der Waals surface area (Å²) in [6.07, 6.45) is 3.15. The van der Waals surface area contributed by atoms with Gasteiger partial charge in [0.25, 0.3) is 0 Å². The molecule has 0 bridgehead atoms. The van der Waals surface area contributed by atoms with E-state index >= 15 is 0 Å². The Morgan fingerprint density at radius 2 is 2.04 bits per heavy atom. The Morgan fingerprint density at radius 3 is 2.74 bits per heavy atom. The summed E-state index contributed by atoms with van der Waals surface area (Å²) in [5, 5.41) is 14.0. The summed E-state index contributed by atoms with van der Waals surface area (Å²) in [5.41, 5.74) is 1.43. The third-order valence-corrected chi connectivity index (χ3v) is 3.13. The van der Waals surface area contributed by atoms with Crippen LogP contribution in [-0.2, 0) is 6.54 Å². The van der Waals surface area contributed by atoms with Crippen LogP contribution in [0, 0.1) is 0 Å². The minimum Gasteiger partial charge on any atom is -0.467 e. The highest BCUT2D eigenvalue weighted by atomic mass is 16.3. The highest BCUT2D eigenvalue weighted by molar-refractivity contribution is 5.94. The first kappa shape index (κ1) is 14.7. The van der Waals surface area contributed by atoms with Crippen LogP contribution in [0.25, 0.3) is 0 Å². The molecule has 2 N–H and O–H groups in total. The van der Waals surface area contributed by atoms with Crippen molar-refractivity contribution >= 4 is 23.2 Å². The predicted octanol–water partition coefficient (Wildman–Crippen LogP) is 3.02. The van der Waals surface area contributed by atoms with Crippen LogP contribution in [-0.4, -0.2) is 21.0 Å². The molecule has 0 saturated heterocycles. The SMILES string of the molecule is CC(=O)c1ccc(Nc2nncc(NCc3ccco3)n2)cc1. The number of hydrogen-bond donors (Lipinski definition) is 2. The minimum atomic E-state index is 0.0265. The summed E-state index contributed by atoms with van der Waals surface area (Å²) in [4.78, 5) is 15.6. The molecule has 0 aliphatic rings. The van der Waals surface area contributed by atoms with Crippen molar-refractivity contribution < 1.29 is 9.21 Å². The molecule has 0 atom stereocenters. The lowest BCUT2D eigenvalue weighted by Crippen LogP contribution is -2.05. The molecular formula is C16H15N5O2. The highest BCUT2D eigenvalue weighted by Gasteiger charge is 2.04. The van der Waals surface area contributed by atoms with Crippen molar-refractivity contribution in [3.8, 4) is 0 Å². The minimum absolute atomic E-state index is 0.0265. The van der Waals surface area contributed by atoms with E-state index in [0.717, 1.165) is 11.4 Å². The van der Waals surface area contributed by atoms with Gasteiger partial charge in [0, 0.05) is 11.3 Å². The van der Waals surface area contributed by atoms with Gasteiger partial charge in [-0.2, -0.15) is 10.1 Å². The molecule has 0 aliphatic heterocycles. The number of carbonyl (C=O) groups is 1. The van der Waals surface area contributed by atoms with E-state index in [2.05, 4.69) is 25.8 Å². The molecule has 2 heterocycles. The molecule has 116 valence electrons.